The molecule has 2 aliphatic carbocycles. The Bertz CT molecular complexity index is 334. The number of hydrogen-bond donors (Lipinski definition) is 0. The third-order valence-electron chi connectivity index (χ3n) is 5.06. The van der Waals surface area contributed by atoms with E-state index >= 15 is 0 Å². The Hall–Kier alpha value is -0.780. The molecule has 2 aliphatic rings. The zero-order valence-corrected chi connectivity index (χ0v) is 11.5. The van der Waals surface area contributed by atoms with Gasteiger partial charge in [0.25, 0.3) is 0 Å². The van der Waals surface area contributed by atoms with Crippen molar-refractivity contribution in [2.24, 2.45) is 0 Å². The maximum Gasteiger partial charge on any atom is -0.0162 e. The third kappa shape index (κ3) is 2.79. The Labute approximate surface area is 112 Å². The van der Waals surface area contributed by atoms with Crippen LogP contribution in [0, 0.1) is 0 Å². The van der Waals surface area contributed by atoms with Crippen LogP contribution in [0.25, 0.3) is 0 Å². The molecule has 0 amide bonds. The van der Waals surface area contributed by atoms with Gasteiger partial charge in [0.1, 0.15) is 0 Å². The number of benzene rings is 1. The molecule has 1 aromatic carbocycles. The van der Waals surface area contributed by atoms with E-state index in [0.29, 0.717) is 0 Å². The van der Waals surface area contributed by atoms with E-state index in [1.807, 2.05) is 0 Å². The molecule has 1 aromatic rings. The molecule has 0 unspecified atom stereocenters. The third-order valence-corrected chi connectivity index (χ3v) is 5.06. The summed E-state index contributed by atoms with van der Waals surface area (Å²) in [6, 6.07) is 9.62. The molecule has 0 heterocycles. The summed E-state index contributed by atoms with van der Waals surface area (Å²) >= 11 is 0. The number of rotatable bonds is 2. The maximum absolute atomic E-state index is 2.55. The smallest absolute Gasteiger partial charge is 0.0162 e. The molecule has 0 spiro atoms. The van der Waals surface area contributed by atoms with Crippen molar-refractivity contribution in [3.63, 3.8) is 0 Å². The highest BCUT2D eigenvalue weighted by molar-refractivity contribution is 5.29. The Morgan fingerprint density at radius 2 is 1.06 bits per heavy atom. The van der Waals surface area contributed by atoms with Gasteiger partial charge in [0.05, 0.1) is 0 Å². The Morgan fingerprint density at radius 1 is 0.611 bits per heavy atom. The standard InChI is InChI=1S/C18H26/c1-3-8-15(9-4-1)17-12-7-13-18(14-17)16-10-5-2-6-11-16/h7,12-16H,1-6,8-11H2. The molecule has 2 saturated carbocycles. The quantitative estimate of drug-likeness (QED) is 0.616. The summed E-state index contributed by atoms with van der Waals surface area (Å²) in [7, 11) is 0. The van der Waals surface area contributed by atoms with Crippen LogP contribution in [-0.4, -0.2) is 0 Å². The van der Waals surface area contributed by atoms with Gasteiger partial charge in [-0.2, -0.15) is 0 Å². The van der Waals surface area contributed by atoms with E-state index in [2.05, 4.69) is 24.3 Å². The predicted octanol–water partition coefficient (Wildman–Crippen LogP) is 5.78. The summed E-state index contributed by atoms with van der Waals surface area (Å²) in [6.45, 7) is 0. The lowest BCUT2D eigenvalue weighted by Crippen LogP contribution is -2.07. The van der Waals surface area contributed by atoms with Gasteiger partial charge in [0, 0.05) is 0 Å². The van der Waals surface area contributed by atoms with Crippen molar-refractivity contribution < 1.29 is 0 Å². The van der Waals surface area contributed by atoms with Crippen molar-refractivity contribution in [2.45, 2.75) is 76.0 Å². The van der Waals surface area contributed by atoms with Gasteiger partial charge in [-0.1, -0.05) is 62.8 Å². The summed E-state index contributed by atoms with van der Waals surface area (Å²) in [5, 5.41) is 0. The van der Waals surface area contributed by atoms with Crippen LogP contribution in [0.5, 0.6) is 0 Å². The normalized spacial score (nSPS) is 23.1. The van der Waals surface area contributed by atoms with Crippen LogP contribution in [0.4, 0.5) is 0 Å². The lowest BCUT2D eigenvalue weighted by Gasteiger charge is -2.25. The molecular weight excluding hydrogens is 216 g/mol. The van der Waals surface area contributed by atoms with Crippen LogP contribution < -0.4 is 0 Å². The Kier molecular flexibility index (Phi) is 4.02. The van der Waals surface area contributed by atoms with Crippen LogP contribution in [0.3, 0.4) is 0 Å². The fourth-order valence-corrected chi connectivity index (χ4v) is 3.94. The van der Waals surface area contributed by atoms with Crippen LogP contribution in [-0.2, 0) is 0 Å². The second-order valence-electron chi connectivity index (χ2n) is 6.34. The lowest BCUT2D eigenvalue weighted by atomic mass is 9.80. The largest absolute Gasteiger partial charge is 0.0617 e. The summed E-state index contributed by atoms with van der Waals surface area (Å²) in [5.41, 5.74) is 3.27. The molecule has 3 rings (SSSR count). The van der Waals surface area contributed by atoms with Gasteiger partial charge in [0.2, 0.25) is 0 Å². The average molecular weight is 242 g/mol. The van der Waals surface area contributed by atoms with Crippen molar-refractivity contribution in [1.82, 2.24) is 0 Å². The minimum atomic E-state index is 0.863. The Balaban J connectivity index is 1.75. The average Bonchev–Trinajstić information content (AvgIpc) is 2.49. The topological polar surface area (TPSA) is 0 Å². The fraction of sp³-hybridized carbons (Fsp3) is 0.667. The van der Waals surface area contributed by atoms with Gasteiger partial charge >= 0.3 is 0 Å². The van der Waals surface area contributed by atoms with Gasteiger partial charge < -0.3 is 0 Å². The molecule has 0 aromatic heterocycles. The molecule has 0 saturated heterocycles. The summed E-state index contributed by atoms with van der Waals surface area (Å²) < 4.78 is 0. The van der Waals surface area contributed by atoms with Crippen LogP contribution >= 0.6 is 0 Å². The van der Waals surface area contributed by atoms with Gasteiger partial charge in [-0.15, -0.1) is 0 Å². The first-order valence-corrected chi connectivity index (χ1v) is 8.03. The second-order valence-corrected chi connectivity index (χ2v) is 6.34. The highest BCUT2D eigenvalue weighted by Gasteiger charge is 2.19. The van der Waals surface area contributed by atoms with Crippen molar-refractivity contribution in [3.05, 3.63) is 35.4 Å². The van der Waals surface area contributed by atoms with E-state index in [1.165, 1.54) is 64.2 Å². The van der Waals surface area contributed by atoms with E-state index in [-0.39, 0.29) is 0 Å². The van der Waals surface area contributed by atoms with Gasteiger partial charge in [-0.05, 0) is 48.6 Å². The summed E-state index contributed by atoms with van der Waals surface area (Å²) in [4.78, 5) is 0. The maximum atomic E-state index is 2.55. The van der Waals surface area contributed by atoms with Gasteiger partial charge in [-0.3, -0.25) is 0 Å². The molecule has 0 heteroatoms. The Morgan fingerprint density at radius 3 is 1.50 bits per heavy atom. The highest BCUT2D eigenvalue weighted by Crippen LogP contribution is 2.36. The molecule has 0 bridgehead atoms. The molecule has 0 aliphatic heterocycles. The molecule has 98 valence electrons. The van der Waals surface area contributed by atoms with Crippen LogP contribution in [0.15, 0.2) is 24.3 Å². The zero-order valence-electron chi connectivity index (χ0n) is 11.5. The van der Waals surface area contributed by atoms with E-state index in [4.69, 9.17) is 0 Å². The van der Waals surface area contributed by atoms with Gasteiger partial charge in [-0.25, -0.2) is 0 Å². The monoisotopic (exact) mass is 242 g/mol. The molecule has 0 N–H and O–H groups in total. The second kappa shape index (κ2) is 5.91. The fourth-order valence-electron chi connectivity index (χ4n) is 3.94. The SMILES string of the molecule is c1cc(C2CCCCC2)cc(C2CCCCC2)c1. The molecule has 0 atom stereocenters. The van der Waals surface area contributed by atoms with Crippen molar-refractivity contribution in [2.75, 3.05) is 0 Å². The first-order chi connectivity index (χ1) is 8.93. The minimum Gasteiger partial charge on any atom is -0.0617 e. The summed E-state index contributed by atoms with van der Waals surface area (Å²) in [5.74, 6) is 1.73. The first kappa shape index (κ1) is 12.3. The van der Waals surface area contributed by atoms with Crippen LogP contribution in [0.1, 0.15) is 87.2 Å². The molecular formula is C18H26. The number of hydrogen-bond acceptors (Lipinski definition) is 0. The van der Waals surface area contributed by atoms with E-state index in [1.54, 1.807) is 11.1 Å². The molecule has 2 fully saturated rings. The lowest BCUT2D eigenvalue weighted by molar-refractivity contribution is 0.435. The minimum absolute atomic E-state index is 0.863. The zero-order chi connectivity index (χ0) is 12.2. The highest BCUT2D eigenvalue weighted by atomic mass is 14.2. The van der Waals surface area contributed by atoms with E-state index in [0.717, 1.165) is 11.8 Å². The molecule has 18 heavy (non-hydrogen) atoms. The van der Waals surface area contributed by atoms with Crippen LogP contribution in [0.2, 0.25) is 0 Å². The first-order valence-electron chi connectivity index (χ1n) is 8.03. The van der Waals surface area contributed by atoms with E-state index < -0.39 is 0 Å². The molecule has 0 nitrogen and oxygen atoms in total. The van der Waals surface area contributed by atoms with Crippen molar-refractivity contribution in [3.8, 4) is 0 Å². The van der Waals surface area contributed by atoms with Crippen molar-refractivity contribution in [1.29, 1.82) is 0 Å². The van der Waals surface area contributed by atoms with Crippen molar-refractivity contribution >= 4 is 0 Å². The van der Waals surface area contributed by atoms with Gasteiger partial charge in [0.15, 0.2) is 0 Å². The van der Waals surface area contributed by atoms with E-state index in [9.17, 15) is 0 Å². The summed E-state index contributed by atoms with van der Waals surface area (Å²) in [6.07, 6.45) is 14.4. The molecule has 0 radical (unpaired) electrons. The predicted molar refractivity (Wildman–Crippen MR) is 78.1 cm³/mol.